The molecule has 18 heavy (non-hydrogen) atoms. The molecule has 1 aromatic carbocycles. The molecular formula is C13H17NO4. The highest BCUT2D eigenvalue weighted by atomic mass is 16.7. The van der Waals surface area contributed by atoms with Gasteiger partial charge >= 0.3 is 5.69 Å². The van der Waals surface area contributed by atoms with Crippen LogP contribution in [0, 0.1) is 10.1 Å². The smallest absolute Gasteiger partial charge is 0.315 e. The molecule has 1 heterocycles. The maximum Gasteiger partial charge on any atom is 0.315 e. The lowest BCUT2D eigenvalue weighted by molar-refractivity contribution is -0.386. The van der Waals surface area contributed by atoms with E-state index >= 15 is 0 Å². The van der Waals surface area contributed by atoms with Crippen LogP contribution in [0.4, 0.5) is 5.69 Å². The molecule has 0 fully saturated rings. The van der Waals surface area contributed by atoms with Gasteiger partial charge < -0.3 is 9.47 Å². The second-order valence-electron chi connectivity index (χ2n) is 4.43. The third-order valence-corrected chi connectivity index (χ3v) is 3.19. The van der Waals surface area contributed by atoms with Crippen molar-refractivity contribution in [2.75, 3.05) is 0 Å². The summed E-state index contributed by atoms with van der Waals surface area (Å²) in [6.45, 7) is 4.06. The quantitative estimate of drug-likeness (QED) is 0.591. The van der Waals surface area contributed by atoms with E-state index in [1.165, 1.54) is 6.07 Å². The molecule has 5 heteroatoms. The zero-order valence-electron chi connectivity index (χ0n) is 10.6. The summed E-state index contributed by atoms with van der Waals surface area (Å²) in [6.07, 6.45) is 3.41. The Kier molecular flexibility index (Phi) is 3.41. The van der Waals surface area contributed by atoms with Crippen molar-refractivity contribution in [3.8, 4) is 11.5 Å². The van der Waals surface area contributed by atoms with Gasteiger partial charge in [0.25, 0.3) is 5.79 Å². The Labute approximate surface area is 106 Å². The van der Waals surface area contributed by atoms with Gasteiger partial charge in [-0.2, -0.15) is 0 Å². The SMILES string of the molecule is CCCCC1(CC)Oc2cccc([N+](=O)[O-])c2O1. The van der Waals surface area contributed by atoms with Crippen molar-refractivity contribution in [1.29, 1.82) is 0 Å². The first-order valence-corrected chi connectivity index (χ1v) is 6.27. The van der Waals surface area contributed by atoms with Gasteiger partial charge in [0.1, 0.15) is 0 Å². The monoisotopic (exact) mass is 251 g/mol. The average molecular weight is 251 g/mol. The van der Waals surface area contributed by atoms with Gasteiger partial charge in [0.15, 0.2) is 5.75 Å². The fraction of sp³-hybridized carbons (Fsp3) is 0.538. The highest BCUT2D eigenvalue weighted by Gasteiger charge is 2.42. The Hall–Kier alpha value is -1.78. The predicted molar refractivity (Wildman–Crippen MR) is 66.9 cm³/mol. The zero-order chi connectivity index (χ0) is 13.2. The van der Waals surface area contributed by atoms with Crippen LogP contribution in [0.5, 0.6) is 11.5 Å². The van der Waals surface area contributed by atoms with Crippen molar-refractivity contribution in [3.05, 3.63) is 28.3 Å². The number of hydrogen-bond acceptors (Lipinski definition) is 4. The summed E-state index contributed by atoms with van der Waals surface area (Å²) in [7, 11) is 0. The van der Waals surface area contributed by atoms with E-state index in [4.69, 9.17) is 9.47 Å². The van der Waals surface area contributed by atoms with Crippen LogP contribution in [0.3, 0.4) is 0 Å². The van der Waals surface area contributed by atoms with Gasteiger partial charge in [-0.25, -0.2) is 0 Å². The molecule has 1 aliphatic heterocycles. The molecule has 1 aromatic rings. The van der Waals surface area contributed by atoms with Crippen molar-refractivity contribution in [2.24, 2.45) is 0 Å². The standard InChI is InChI=1S/C13H17NO4/c1-3-5-9-13(4-2)17-11-8-6-7-10(14(15)16)12(11)18-13/h6-8H,3-5,9H2,1-2H3. The van der Waals surface area contributed by atoms with E-state index in [2.05, 4.69) is 6.92 Å². The van der Waals surface area contributed by atoms with E-state index in [1.807, 2.05) is 6.92 Å². The summed E-state index contributed by atoms with van der Waals surface area (Å²) in [6, 6.07) is 4.77. The molecule has 5 nitrogen and oxygen atoms in total. The number of rotatable bonds is 5. The first-order valence-electron chi connectivity index (χ1n) is 6.27. The summed E-state index contributed by atoms with van der Waals surface area (Å²) in [5.74, 6) is 0.00683. The van der Waals surface area contributed by atoms with E-state index in [-0.39, 0.29) is 11.4 Å². The summed E-state index contributed by atoms with van der Waals surface area (Å²) >= 11 is 0. The minimum Gasteiger partial charge on any atom is -0.448 e. The van der Waals surface area contributed by atoms with E-state index < -0.39 is 10.7 Å². The van der Waals surface area contributed by atoms with Gasteiger partial charge in [-0.1, -0.05) is 26.3 Å². The second kappa shape index (κ2) is 4.84. The van der Waals surface area contributed by atoms with Gasteiger partial charge in [-0.15, -0.1) is 0 Å². The molecule has 0 saturated heterocycles. The molecule has 0 saturated carbocycles. The number of nitro groups is 1. The number of unbranched alkanes of at least 4 members (excludes halogenated alkanes) is 1. The maximum absolute atomic E-state index is 10.9. The number of benzene rings is 1. The highest BCUT2D eigenvalue weighted by Crippen LogP contribution is 2.47. The number of hydrogen-bond donors (Lipinski definition) is 0. The molecule has 0 aliphatic carbocycles. The van der Waals surface area contributed by atoms with Crippen LogP contribution in [0.1, 0.15) is 39.5 Å². The van der Waals surface area contributed by atoms with E-state index in [9.17, 15) is 10.1 Å². The largest absolute Gasteiger partial charge is 0.448 e. The van der Waals surface area contributed by atoms with Crippen LogP contribution >= 0.6 is 0 Å². The van der Waals surface area contributed by atoms with Gasteiger partial charge in [0.05, 0.1) is 4.92 Å². The molecule has 0 aromatic heterocycles. The van der Waals surface area contributed by atoms with Crippen LogP contribution in [-0.2, 0) is 0 Å². The van der Waals surface area contributed by atoms with Gasteiger partial charge in [-0.3, -0.25) is 10.1 Å². The molecule has 1 unspecified atom stereocenters. The molecule has 0 N–H and O–H groups in total. The van der Waals surface area contributed by atoms with Crippen molar-refractivity contribution in [3.63, 3.8) is 0 Å². The first kappa shape index (κ1) is 12.7. The number of ether oxygens (including phenoxy) is 2. The molecule has 0 bridgehead atoms. The van der Waals surface area contributed by atoms with E-state index in [1.54, 1.807) is 12.1 Å². The predicted octanol–water partition coefficient (Wildman–Crippen LogP) is 3.66. The highest BCUT2D eigenvalue weighted by molar-refractivity contribution is 5.57. The van der Waals surface area contributed by atoms with Crippen LogP contribution in [0.2, 0.25) is 0 Å². The Morgan fingerprint density at radius 2 is 2.11 bits per heavy atom. The lowest BCUT2D eigenvalue weighted by Gasteiger charge is -2.26. The number of nitrogens with zero attached hydrogens (tertiary/aromatic N) is 1. The van der Waals surface area contributed by atoms with Crippen LogP contribution in [-0.4, -0.2) is 10.7 Å². The lowest BCUT2D eigenvalue weighted by Crippen LogP contribution is -2.37. The molecular weight excluding hydrogens is 234 g/mol. The summed E-state index contributed by atoms with van der Waals surface area (Å²) < 4.78 is 11.6. The number of para-hydroxylation sites is 1. The first-order chi connectivity index (χ1) is 8.62. The Morgan fingerprint density at radius 3 is 2.72 bits per heavy atom. The van der Waals surface area contributed by atoms with Crippen molar-refractivity contribution >= 4 is 5.69 Å². The maximum atomic E-state index is 10.9. The summed E-state index contributed by atoms with van der Waals surface area (Å²) in [5.41, 5.74) is -0.0284. The van der Waals surface area contributed by atoms with Gasteiger partial charge in [0, 0.05) is 18.9 Å². The Morgan fingerprint density at radius 1 is 1.33 bits per heavy atom. The fourth-order valence-electron chi connectivity index (χ4n) is 2.11. The van der Waals surface area contributed by atoms with Gasteiger partial charge in [0.2, 0.25) is 5.75 Å². The average Bonchev–Trinajstić information content (AvgIpc) is 2.75. The van der Waals surface area contributed by atoms with Crippen LogP contribution < -0.4 is 9.47 Å². The molecule has 0 radical (unpaired) electrons. The van der Waals surface area contributed by atoms with Crippen LogP contribution in [0.25, 0.3) is 0 Å². The van der Waals surface area contributed by atoms with E-state index in [0.29, 0.717) is 12.2 Å². The fourth-order valence-corrected chi connectivity index (χ4v) is 2.11. The second-order valence-corrected chi connectivity index (χ2v) is 4.43. The van der Waals surface area contributed by atoms with Crippen LogP contribution in [0.15, 0.2) is 18.2 Å². The molecule has 1 aliphatic rings. The molecule has 0 amide bonds. The molecule has 2 rings (SSSR count). The molecule has 1 atom stereocenters. The van der Waals surface area contributed by atoms with Gasteiger partial charge in [-0.05, 0) is 12.5 Å². The summed E-state index contributed by atoms with van der Waals surface area (Å²) in [4.78, 5) is 10.5. The molecule has 0 spiro atoms. The minimum absolute atomic E-state index is 0.0284. The van der Waals surface area contributed by atoms with Crippen molar-refractivity contribution < 1.29 is 14.4 Å². The Balaban J connectivity index is 2.30. The third kappa shape index (κ3) is 2.12. The number of fused-ring (bicyclic) bond motifs is 1. The van der Waals surface area contributed by atoms with Crippen molar-refractivity contribution in [1.82, 2.24) is 0 Å². The lowest BCUT2D eigenvalue weighted by atomic mass is 10.1. The topological polar surface area (TPSA) is 61.6 Å². The molecule has 98 valence electrons. The third-order valence-electron chi connectivity index (χ3n) is 3.19. The van der Waals surface area contributed by atoms with E-state index in [0.717, 1.165) is 19.3 Å². The normalized spacial score (nSPS) is 21.0. The zero-order valence-corrected chi connectivity index (χ0v) is 10.6. The Bertz CT molecular complexity index is 460. The minimum atomic E-state index is -0.732. The summed E-state index contributed by atoms with van der Waals surface area (Å²) in [5, 5.41) is 10.9. The number of nitro benzene ring substituents is 1. The van der Waals surface area contributed by atoms with Crippen molar-refractivity contribution in [2.45, 2.75) is 45.3 Å².